The highest BCUT2D eigenvalue weighted by atomic mass is 35.5. The van der Waals surface area contributed by atoms with Gasteiger partial charge >= 0.3 is 0 Å². The summed E-state index contributed by atoms with van der Waals surface area (Å²) in [5.41, 5.74) is 10.5. The molecule has 4 rings (SSSR count). The standard InChI is InChI=1S/C24H19ClN4O/c25-21-15-19(9-10-20(21)23(26)30)28-24-27-12-11-22(29-24)18-8-4-7-17(14-18)13-16-5-2-1-3-6-16/h1-12,14-15H,13H2,(H2,26,30)(H,27,28,29). The molecule has 5 nitrogen and oxygen atoms in total. The quantitative estimate of drug-likeness (QED) is 0.452. The Morgan fingerprint density at radius 3 is 2.50 bits per heavy atom. The summed E-state index contributed by atoms with van der Waals surface area (Å²) in [6, 6.07) is 25.4. The van der Waals surface area contributed by atoms with E-state index in [0.29, 0.717) is 11.6 Å². The van der Waals surface area contributed by atoms with Gasteiger partial charge in [-0.1, -0.05) is 60.1 Å². The van der Waals surface area contributed by atoms with E-state index in [1.807, 2.05) is 36.4 Å². The number of hydrogen-bond acceptors (Lipinski definition) is 4. The van der Waals surface area contributed by atoms with Crippen molar-refractivity contribution in [1.29, 1.82) is 0 Å². The second-order valence-corrected chi connectivity index (χ2v) is 7.22. The molecule has 1 aromatic heterocycles. The molecule has 1 amide bonds. The Morgan fingerprint density at radius 2 is 1.73 bits per heavy atom. The van der Waals surface area contributed by atoms with Gasteiger partial charge in [0.05, 0.1) is 16.3 Å². The first-order chi connectivity index (χ1) is 14.6. The van der Waals surface area contributed by atoms with Gasteiger partial charge in [0.1, 0.15) is 0 Å². The number of rotatable bonds is 6. The Morgan fingerprint density at radius 1 is 0.933 bits per heavy atom. The Balaban J connectivity index is 1.56. The van der Waals surface area contributed by atoms with E-state index in [4.69, 9.17) is 17.3 Å². The van der Waals surface area contributed by atoms with Gasteiger partial charge in [-0.2, -0.15) is 0 Å². The van der Waals surface area contributed by atoms with E-state index in [1.165, 1.54) is 11.1 Å². The summed E-state index contributed by atoms with van der Waals surface area (Å²) < 4.78 is 0. The second-order valence-electron chi connectivity index (χ2n) is 6.81. The lowest BCUT2D eigenvalue weighted by Crippen LogP contribution is -2.11. The molecule has 0 aliphatic carbocycles. The SMILES string of the molecule is NC(=O)c1ccc(Nc2nccc(-c3cccc(Cc4ccccc4)c3)n2)cc1Cl. The Labute approximate surface area is 179 Å². The molecule has 30 heavy (non-hydrogen) atoms. The number of halogens is 1. The van der Waals surface area contributed by atoms with Gasteiger partial charge in [-0.3, -0.25) is 4.79 Å². The van der Waals surface area contributed by atoms with Crippen LogP contribution in [0.5, 0.6) is 0 Å². The number of hydrogen-bond donors (Lipinski definition) is 2. The average Bonchev–Trinajstić information content (AvgIpc) is 2.75. The number of benzene rings is 3. The van der Waals surface area contributed by atoms with E-state index in [1.54, 1.807) is 24.4 Å². The fourth-order valence-corrected chi connectivity index (χ4v) is 3.45. The Bertz CT molecular complexity index is 1190. The Hall–Kier alpha value is -3.70. The molecule has 148 valence electrons. The molecule has 0 atom stereocenters. The second kappa shape index (κ2) is 8.76. The molecule has 0 bridgehead atoms. The molecule has 1 heterocycles. The van der Waals surface area contributed by atoms with Crippen LogP contribution in [0, 0.1) is 0 Å². The molecule has 0 saturated carbocycles. The maximum absolute atomic E-state index is 11.3. The summed E-state index contributed by atoms with van der Waals surface area (Å²) in [6.45, 7) is 0. The van der Waals surface area contributed by atoms with Crippen LogP contribution in [-0.4, -0.2) is 15.9 Å². The number of amides is 1. The van der Waals surface area contributed by atoms with Gasteiger partial charge in [-0.05, 0) is 47.9 Å². The summed E-state index contributed by atoms with van der Waals surface area (Å²) in [7, 11) is 0. The molecule has 0 aliphatic rings. The van der Waals surface area contributed by atoms with Gasteiger partial charge < -0.3 is 11.1 Å². The first kappa shape index (κ1) is 19.6. The smallest absolute Gasteiger partial charge is 0.250 e. The van der Waals surface area contributed by atoms with Crippen molar-refractivity contribution in [2.24, 2.45) is 5.73 Å². The van der Waals surface area contributed by atoms with Crippen LogP contribution in [0.1, 0.15) is 21.5 Å². The fourth-order valence-electron chi connectivity index (χ4n) is 3.17. The molecule has 3 aromatic carbocycles. The minimum absolute atomic E-state index is 0.270. The summed E-state index contributed by atoms with van der Waals surface area (Å²) in [5, 5.41) is 3.39. The zero-order valence-corrected chi connectivity index (χ0v) is 16.8. The summed E-state index contributed by atoms with van der Waals surface area (Å²) in [4.78, 5) is 20.2. The number of anilines is 2. The van der Waals surface area contributed by atoms with Gasteiger partial charge in [0, 0.05) is 17.4 Å². The molecule has 6 heteroatoms. The van der Waals surface area contributed by atoms with Crippen LogP contribution in [-0.2, 0) is 6.42 Å². The first-order valence-electron chi connectivity index (χ1n) is 9.41. The fraction of sp³-hybridized carbons (Fsp3) is 0.0417. The van der Waals surface area contributed by atoms with Crippen LogP contribution in [0.4, 0.5) is 11.6 Å². The molecule has 3 N–H and O–H groups in total. The van der Waals surface area contributed by atoms with Crippen molar-refractivity contribution in [3.05, 3.63) is 107 Å². The monoisotopic (exact) mass is 414 g/mol. The van der Waals surface area contributed by atoms with Crippen molar-refractivity contribution in [2.75, 3.05) is 5.32 Å². The molecular weight excluding hydrogens is 396 g/mol. The molecule has 0 radical (unpaired) electrons. The van der Waals surface area contributed by atoms with Gasteiger partial charge in [0.2, 0.25) is 11.9 Å². The van der Waals surface area contributed by atoms with Gasteiger partial charge in [-0.15, -0.1) is 0 Å². The van der Waals surface area contributed by atoms with Gasteiger partial charge in [0.15, 0.2) is 0 Å². The number of aromatic nitrogens is 2. The predicted octanol–water partition coefficient (Wildman–Crippen LogP) is 5.23. The van der Waals surface area contributed by atoms with Crippen LogP contribution < -0.4 is 11.1 Å². The number of carbonyl (C=O) groups excluding carboxylic acids is 1. The first-order valence-corrected chi connectivity index (χ1v) is 9.79. The van der Waals surface area contributed by atoms with E-state index in [0.717, 1.165) is 17.7 Å². The van der Waals surface area contributed by atoms with Crippen molar-refractivity contribution >= 4 is 29.1 Å². The van der Waals surface area contributed by atoms with E-state index < -0.39 is 5.91 Å². The number of carbonyl (C=O) groups is 1. The minimum Gasteiger partial charge on any atom is -0.366 e. The average molecular weight is 415 g/mol. The lowest BCUT2D eigenvalue weighted by Gasteiger charge is -2.09. The normalized spacial score (nSPS) is 10.6. The highest BCUT2D eigenvalue weighted by molar-refractivity contribution is 6.34. The van der Waals surface area contributed by atoms with Crippen LogP contribution in [0.25, 0.3) is 11.3 Å². The summed E-state index contributed by atoms with van der Waals surface area (Å²) >= 11 is 6.12. The van der Waals surface area contributed by atoms with Gasteiger partial charge in [0.25, 0.3) is 0 Å². The topological polar surface area (TPSA) is 80.9 Å². The number of nitrogens with one attached hydrogen (secondary N) is 1. The lowest BCUT2D eigenvalue weighted by atomic mass is 10.0. The highest BCUT2D eigenvalue weighted by Crippen LogP contribution is 2.24. The molecular formula is C24H19ClN4O. The predicted molar refractivity (Wildman–Crippen MR) is 120 cm³/mol. The lowest BCUT2D eigenvalue weighted by molar-refractivity contribution is 0.100. The van der Waals surface area contributed by atoms with Crippen LogP contribution in [0.2, 0.25) is 5.02 Å². The van der Waals surface area contributed by atoms with Crippen molar-refractivity contribution in [3.63, 3.8) is 0 Å². The van der Waals surface area contributed by atoms with Crippen LogP contribution >= 0.6 is 11.6 Å². The molecule has 0 saturated heterocycles. The van der Waals surface area contributed by atoms with Crippen LogP contribution in [0.15, 0.2) is 85.1 Å². The molecule has 0 spiro atoms. The summed E-state index contributed by atoms with van der Waals surface area (Å²) in [6.07, 6.45) is 2.56. The molecule has 0 aliphatic heterocycles. The number of primary amides is 1. The zero-order valence-electron chi connectivity index (χ0n) is 16.0. The number of nitrogens with two attached hydrogens (primary N) is 1. The third-order valence-corrected chi connectivity index (χ3v) is 4.93. The molecule has 4 aromatic rings. The Kier molecular flexibility index (Phi) is 5.72. The van der Waals surface area contributed by atoms with Crippen LogP contribution in [0.3, 0.4) is 0 Å². The van der Waals surface area contributed by atoms with Crippen molar-refractivity contribution < 1.29 is 4.79 Å². The highest BCUT2D eigenvalue weighted by Gasteiger charge is 2.09. The third kappa shape index (κ3) is 4.64. The zero-order chi connectivity index (χ0) is 20.9. The third-order valence-electron chi connectivity index (χ3n) is 4.62. The minimum atomic E-state index is -0.569. The maximum atomic E-state index is 11.3. The largest absolute Gasteiger partial charge is 0.366 e. The molecule has 0 fully saturated rings. The van der Waals surface area contributed by atoms with Gasteiger partial charge in [-0.25, -0.2) is 9.97 Å². The number of nitrogens with zero attached hydrogens (tertiary/aromatic N) is 2. The summed E-state index contributed by atoms with van der Waals surface area (Å²) in [5.74, 6) is -0.135. The van der Waals surface area contributed by atoms with E-state index in [2.05, 4.69) is 39.6 Å². The van der Waals surface area contributed by atoms with E-state index >= 15 is 0 Å². The molecule has 0 unspecified atom stereocenters. The van der Waals surface area contributed by atoms with Crippen molar-refractivity contribution in [3.8, 4) is 11.3 Å². The van der Waals surface area contributed by atoms with Crippen molar-refractivity contribution in [1.82, 2.24) is 9.97 Å². The van der Waals surface area contributed by atoms with E-state index in [-0.39, 0.29) is 10.6 Å². The van der Waals surface area contributed by atoms with Crippen molar-refractivity contribution in [2.45, 2.75) is 6.42 Å². The van der Waals surface area contributed by atoms with E-state index in [9.17, 15) is 4.79 Å². The maximum Gasteiger partial charge on any atom is 0.250 e.